The lowest BCUT2D eigenvalue weighted by molar-refractivity contribution is -0.118. The van der Waals surface area contributed by atoms with Crippen molar-refractivity contribution < 1.29 is 9.53 Å². The SMILES string of the molecule is COc1ccccc1CNC(=O)CSc1nnc(C)n1C. The smallest absolute Gasteiger partial charge is 0.230 e. The van der Waals surface area contributed by atoms with Gasteiger partial charge in [0.2, 0.25) is 5.91 Å². The molecule has 1 amide bonds. The molecule has 2 rings (SSSR count). The summed E-state index contributed by atoms with van der Waals surface area (Å²) >= 11 is 1.37. The molecule has 0 fully saturated rings. The third-order valence-corrected chi connectivity index (χ3v) is 4.07. The zero-order valence-electron chi connectivity index (χ0n) is 12.3. The summed E-state index contributed by atoms with van der Waals surface area (Å²) in [4.78, 5) is 11.9. The first kappa shape index (κ1) is 15.4. The maximum absolute atomic E-state index is 11.9. The van der Waals surface area contributed by atoms with Crippen LogP contribution in [0.15, 0.2) is 29.4 Å². The molecule has 0 radical (unpaired) electrons. The number of ether oxygens (including phenoxy) is 1. The number of methoxy groups -OCH3 is 1. The maximum Gasteiger partial charge on any atom is 0.230 e. The van der Waals surface area contributed by atoms with Crippen molar-refractivity contribution in [3.05, 3.63) is 35.7 Å². The molecule has 0 aliphatic rings. The Labute approximate surface area is 127 Å². The minimum atomic E-state index is -0.0495. The number of hydrogen-bond acceptors (Lipinski definition) is 5. The van der Waals surface area contributed by atoms with E-state index in [9.17, 15) is 4.79 Å². The van der Waals surface area contributed by atoms with Gasteiger partial charge in [0.25, 0.3) is 0 Å². The van der Waals surface area contributed by atoms with Gasteiger partial charge in [-0.2, -0.15) is 0 Å². The van der Waals surface area contributed by atoms with E-state index in [1.807, 2.05) is 42.8 Å². The Morgan fingerprint density at radius 3 is 2.81 bits per heavy atom. The Hall–Kier alpha value is -2.02. The van der Waals surface area contributed by atoms with E-state index in [1.54, 1.807) is 7.11 Å². The number of aryl methyl sites for hydroxylation is 1. The summed E-state index contributed by atoms with van der Waals surface area (Å²) in [5.74, 6) is 1.86. The number of nitrogens with zero attached hydrogens (tertiary/aromatic N) is 3. The Bertz CT molecular complexity index is 627. The molecule has 0 aliphatic carbocycles. The van der Waals surface area contributed by atoms with Crippen LogP contribution in [-0.2, 0) is 18.4 Å². The molecule has 0 spiro atoms. The van der Waals surface area contributed by atoms with Crippen LogP contribution < -0.4 is 10.1 Å². The zero-order chi connectivity index (χ0) is 15.2. The van der Waals surface area contributed by atoms with Crippen molar-refractivity contribution in [3.63, 3.8) is 0 Å². The van der Waals surface area contributed by atoms with Gasteiger partial charge in [-0.15, -0.1) is 10.2 Å². The van der Waals surface area contributed by atoms with Gasteiger partial charge in [-0.1, -0.05) is 30.0 Å². The van der Waals surface area contributed by atoms with Crippen LogP contribution in [0.2, 0.25) is 0 Å². The second-order valence-corrected chi connectivity index (χ2v) is 5.41. The first-order valence-electron chi connectivity index (χ1n) is 6.49. The summed E-state index contributed by atoms with van der Waals surface area (Å²) in [7, 11) is 3.50. The molecular weight excluding hydrogens is 288 g/mol. The molecule has 0 saturated heterocycles. The van der Waals surface area contributed by atoms with Crippen LogP contribution in [-0.4, -0.2) is 33.5 Å². The van der Waals surface area contributed by atoms with Crippen molar-refractivity contribution in [2.24, 2.45) is 7.05 Å². The highest BCUT2D eigenvalue weighted by Crippen LogP contribution is 2.17. The Morgan fingerprint density at radius 1 is 1.38 bits per heavy atom. The molecule has 21 heavy (non-hydrogen) atoms. The van der Waals surface area contributed by atoms with Crippen LogP contribution >= 0.6 is 11.8 Å². The molecule has 0 atom stereocenters. The van der Waals surface area contributed by atoms with Crippen LogP contribution in [0, 0.1) is 6.92 Å². The molecule has 1 aromatic carbocycles. The largest absolute Gasteiger partial charge is 0.496 e. The summed E-state index contributed by atoms with van der Waals surface area (Å²) in [5, 5.41) is 11.6. The van der Waals surface area contributed by atoms with Gasteiger partial charge in [-0.05, 0) is 13.0 Å². The number of carbonyl (C=O) groups excluding carboxylic acids is 1. The average molecular weight is 306 g/mol. The van der Waals surface area contributed by atoms with Gasteiger partial charge >= 0.3 is 0 Å². The number of hydrogen-bond donors (Lipinski definition) is 1. The van der Waals surface area contributed by atoms with Crippen molar-refractivity contribution in [1.29, 1.82) is 0 Å². The fourth-order valence-electron chi connectivity index (χ4n) is 1.74. The van der Waals surface area contributed by atoms with Gasteiger partial charge in [-0.3, -0.25) is 4.79 Å². The normalized spacial score (nSPS) is 10.4. The number of carbonyl (C=O) groups is 1. The van der Waals surface area contributed by atoms with Crippen LogP contribution in [0.5, 0.6) is 5.75 Å². The third-order valence-electron chi connectivity index (χ3n) is 3.05. The number of rotatable bonds is 6. The quantitative estimate of drug-likeness (QED) is 0.820. The lowest BCUT2D eigenvalue weighted by atomic mass is 10.2. The molecule has 0 bridgehead atoms. The highest BCUT2D eigenvalue weighted by Gasteiger charge is 2.09. The van der Waals surface area contributed by atoms with E-state index in [0.29, 0.717) is 12.3 Å². The number of amides is 1. The third kappa shape index (κ3) is 3.98. The van der Waals surface area contributed by atoms with E-state index in [0.717, 1.165) is 22.3 Å². The summed E-state index contributed by atoms with van der Waals surface area (Å²) in [6, 6.07) is 7.62. The molecule has 2 aromatic rings. The van der Waals surface area contributed by atoms with E-state index >= 15 is 0 Å². The van der Waals surface area contributed by atoms with Crippen molar-refractivity contribution in [3.8, 4) is 5.75 Å². The summed E-state index contributed by atoms with van der Waals surface area (Å²) in [6.45, 7) is 2.32. The second-order valence-electron chi connectivity index (χ2n) is 4.47. The summed E-state index contributed by atoms with van der Waals surface area (Å²) in [5.41, 5.74) is 0.952. The number of aromatic nitrogens is 3. The first-order chi connectivity index (χ1) is 10.1. The van der Waals surface area contributed by atoms with Crippen molar-refractivity contribution in [2.75, 3.05) is 12.9 Å². The fraction of sp³-hybridized carbons (Fsp3) is 0.357. The molecule has 1 heterocycles. The molecule has 0 aliphatic heterocycles. The van der Waals surface area contributed by atoms with Crippen LogP contribution in [0.25, 0.3) is 0 Å². The second kappa shape index (κ2) is 7.12. The Kier molecular flexibility index (Phi) is 5.21. The number of benzene rings is 1. The van der Waals surface area contributed by atoms with E-state index in [1.165, 1.54) is 11.8 Å². The van der Waals surface area contributed by atoms with E-state index in [2.05, 4.69) is 15.5 Å². The van der Waals surface area contributed by atoms with Crippen LogP contribution in [0.1, 0.15) is 11.4 Å². The van der Waals surface area contributed by atoms with Crippen molar-refractivity contribution in [2.45, 2.75) is 18.6 Å². The number of nitrogens with one attached hydrogen (secondary N) is 1. The van der Waals surface area contributed by atoms with Gasteiger partial charge in [0, 0.05) is 19.2 Å². The molecule has 112 valence electrons. The molecule has 7 heteroatoms. The molecule has 0 saturated carbocycles. The van der Waals surface area contributed by atoms with Crippen molar-refractivity contribution in [1.82, 2.24) is 20.1 Å². The van der Waals surface area contributed by atoms with Gasteiger partial charge in [0.15, 0.2) is 5.16 Å². The molecule has 1 aromatic heterocycles. The average Bonchev–Trinajstić information content (AvgIpc) is 2.82. The lowest BCUT2D eigenvalue weighted by Gasteiger charge is -2.09. The summed E-state index contributed by atoms with van der Waals surface area (Å²) in [6.07, 6.45) is 0. The Balaban J connectivity index is 1.84. The highest BCUT2D eigenvalue weighted by atomic mass is 32.2. The number of thioether (sulfide) groups is 1. The molecule has 0 unspecified atom stereocenters. The van der Waals surface area contributed by atoms with Gasteiger partial charge in [-0.25, -0.2) is 0 Å². The lowest BCUT2D eigenvalue weighted by Crippen LogP contribution is -2.25. The van der Waals surface area contributed by atoms with Gasteiger partial charge in [0.05, 0.1) is 12.9 Å². The topological polar surface area (TPSA) is 69.0 Å². The monoisotopic (exact) mass is 306 g/mol. The molecular formula is C14H18N4O2S. The minimum absolute atomic E-state index is 0.0495. The van der Waals surface area contributed by atoms with E-state index in [4.69, 9.17) is 4.74 Å². The first-order valence-corrected chi connectivity index (χ1v) is 7.47. The predicted octanol–water partition coefficient (Wildman–Crippen LogP) is 1.54. The molecule has 6 nitrogen and oxygen atoms in total. The maximum atomic E-state index is 11.9. The predicted molar refractivity (Wildman–Crippen MR) is 81.3 cm³/mol. The standard InChI is InChI=1S/C14H18N4O2S/c1-10-16-17-14(18(10)2)21-9-13(19)15-8-11-6-4-5-7-12(11)20-3/h4-7H,8-9H2,1-3H3,(H,15,19). The number of para-hydroxylation sites is 1. The van der Waals surface area contributed by atoms with Crippen molar-refractivity contribution >= 4 is 17.7 Å². The highest BCUT2D eigenvalue weighted by molar-refractivity contribution is 7.99. The van der Waals surface area contributed by atoms with Crippen LogP contribution in [0.4, 0.5) is 0 Å². The zero-order valence-corrected chi connectivity index (χ0v) is 13.1. The fourth-order valence-corrected chi connectivity index (χ4v) is 2.52. The van der Waals surface area contributed by atoms with Gasteiger partial charge in [0.1, 0.15) is 11.6 Å². The van der Waals surface area contributed by atoms with Crippen LogP contribution in [0.3, 0.4) is 0 Å². The van der Waals surface area contributed by atoms with Gasteiger partial charge < -0.3 is 14.6 Å². The van der Waals surface area contributed by atoms with E-state index in [-0.39, 0.29) is 5.91 Å². The summed E-state index contributed by atoms with van der Waals surface area (Å²) < 4.78 is 7.11. The Morgan fingerprint density at radius 2 is 2.14 bits per heavy atom. The molecule has 1 N–H and O–H groups in total. The van der Waals surface area contributed by atoms with E-state index < -0.39 is 0 Å². The minimum Gasteiger partial charge on any atom is -0.496 e.